The van der Waals surface area contributed by atoms with E-state index in [1.54, 1.807) is 46.8 Å². The lowest BCUT2D eigenvalue weighted by Crippen LogP contribution is -2.26. The fraction of sp³-hybridized carbons (Fsp3) is 0.0870. The van der Waals surface area contributed by atoms with Gasteiger partial charge < -0.3 is 10.2 Å². The van der Waals surface area contributed by atoms with Crippen LogP contribution in [0.5, 0.6) is 0 Å². The Morgan fingerprint density at radius 2 is 1.59 bits per heavy atom. The van der Waals surface area contributed by atoms with Crippen LogP contribution in [0.25, 0.3) is 5.52 Å². The molecule has 0 aliphatic carbocycles. The highest BCUT2D eigenvalue weighted by Gasteiger charge is 2.23. The van der Waals surface area contributed by atoms with Crippen molar-refractivity contribution >= 4 is 23.0 Å². The number of nitrogens with one attached hydrogen (secondary N) is 1. The summed E-state index contributed by atoms with van der Waals surface area (Å²) < 4.78 is 1.64. The van der Waals surface area contributed by atoms with Crippen molar-refractivity contribution in [3.8, 4) is 0 Å². The second kappa shape index (κ2) is 7.98. The van der Waals surface area contributed by atoms with Crippen molar-refractivity contribution in [2.24, 2.45) is 0 Å². The number of pyridine rings is 1. The Kier molecular flexibility index (Phi) is 5.07. The average molecular weight is 384 g/mol. The first-order chi connectivity index (χ1) is 14.1. The minimum absolute atomic E-state index is 0.168. The minimum Gasteiger partial charge on any atom is -0.336 e. The number of aromatic nitrogens is 2. The van der Waals surface area contributed by atoms with E-state index in [2.05, 4.69) is 10.3 Å². The Morgan fingerprint density at radius 1 is 0.931 bits per heavy atom. The molecule has 6 nitrogen and oxygen atoms in total. The van der Waals surface area contributed by atoms with Gasteiger partial charge in [0.25, 0.3) is 11.8 Å². The van der Waals surface area contributed by atoms with Crippen LogP contribution in [0.2, 0.25) is 0 Å². The number of hydrogen-bond donors (Lipinski definition) is 1. The first-order valence-corrected chi connectivity index (χ1v) is 9.26. The molecule has 0 spiro atoms. The SMILES string of the molecule is CN(Cc1ccccc1)C(=O)c1nc(C(=O)Nc2ccccc2)n2ccccc12. The minimum atomic E-state index is -0.373. The average Bonchev–Trinajstić information content (AvgIpc) is 3.14. The molecule has 0 saturated carbocycles. The smallest absolute Gasteiger partial charge is 0.292 e. The van der Waals surface area contributed by atoms with Crippen LogP contribution in [-0.4, -0.2) is 33.1 Å². The van der Waals surface area contributed by atoms with Crippen molar-refractivity contribution in [2.45, 2.75) is 6.54 Å². The van der Waals surface area contributed by atoms with Gasteiger partial charge in [-0.1, -0.05) is 54.6 Å². The number of carbonyl (C=O) groups is 2. The van der Waals surface area contributed by atoms with Gasteiger partial charge in [-0.15, -0.1) is 0 Å². The maximum Gasteiger partial charge on any atom is 0.292 e. The van der Waals surface area contributed by atoms with Gasteiger partial charge in [0.15, 0.2) is 5.69 Å². The van der Waals surface area contributed by atoms with Gasteiger partial charge in [-0.2, -0.15) is 0 Å². The predicted molar refractivity (Wildman–Crippen MR) is 112 cm³/mol. The van der Waals surface area contributed by atoms with Gasteiger partial charge in [-0.05, 0) is 29.8 Å². The summed E-state index contributed by atoms with van der Waals surface area (Å²) in [4.78, 5) is 31.9. The number of fused-ring (bicyclic) bond motifs is 1. The van der Waals surface area contributed by atoms with Gasteiger partial charge >= 0.3 is 0 Å². The molecule has 0 unspecified atom stereocenters. The van der Waals surface area contributed by atoms with E-state index in [1.807, 2.05) is 54.6 Å². The molecule has 0 fully saturated rings. The van der Waals surface area contributed by atoms with Crippen molar-refractivity contribution in [3.05, 3.63) is 102 Å². The van der Waals surface area contributed by atoms with E-state index in [4.69, 9.17) is 0 Å². The summed E-state index contributed by atoms with van der Waals surface area (Å²) in [6.45, 7) is 0.455. The number of carbonyl (C=O) groups excluding carboxylic acids is 2. The molecule has 4 rings (SSSR count). The summed E-state index contributed by atoms with van der Waals surface area (Å²) in [7, 11) is 1.73. The Balaban J connectivity index is 1.65. The van der Waals surface area contributed by atoms with E-state index in [-0.39, 0.29) is 23.3 Å². The van der Waals surface area contributed by atoms with Crippen molar-refractivity contribution in [3.63, 3.8) is 0 Å². The molecule has 0 saturated heterocycles. The van der Waals surface area contributed by atoms with Crippen LogP contribution < -0.4 is 5.32 Å². The molecule has 2 heterocycles. The van der Waals surface area contributed by atoms with E-state index < -0.39 is 0 Å². The second-order valence-corrected chi connectivity index (χ2v) is 6.71. The monoisotopic (exact) mass is 384 g/mol. The van der Waals surface area contributed by atoms with Gasteiger partial charge in [0.05, 0.1) is 5.52 Å². The zero-order chi connectivity index (χ0) is 20.2. The molecule has 2 aromatic heterocycles. The first kappa shape index (κ1) is 18.4. The third-order valence-corrected chi connectivity index (χ3v) is 4.59. The van der Waals surface area contributed by atoms with Gasteiger partial charge in [0.2, 0.25) is 5.82 Å². The molecule has 6 heteroatoms. The third-order valence-electron chi connectivity index (χ3n) is 4.59. The van der Waals surface area contributed by atoms with E-state index in [0.717, 1.165) is 5.56 Å². The topological polar surface area (TPSA) is 66.7 Å². The predicted octanol–water partition coefficient (Wildman–Crippen LogP) is 3.86. The highest BCUT2D eigenvalue weighted by Crippen LogP contribution is 2.17. The van der Waals surface area contributed by atoms with Crippen LogP contribution in [0.4, 0.5) is 5.69 Å². The zero-order valence-corrected chi connectivity index (χ0v) is 15.9. The summed E-state index contributed by atoms with van der Waals surface area (Å²) in [5.41, 5.74) is 2.53. The number of amides is 2. The lowest BCUT2D eigenvalue weighted by Gasteiger charge is -2.16. The Bertz CT molecular complexity index is 1150. The number of nitrogens with zero attached hydrogens (tertiary/aromatic N) is 3. The normalized spacial score (nSPS) is 10.7. The van der Waals surface area contributed by atoms with Crippen LogP contribution >= 0.6 is 0 Å². The fourth-order valence-electron chi connectivity index (χ4n) is 3.17. The molecule has 0 atom stereocenters. The lowest BCUT2D eigenvalue weighted by molar-refractivity contribution is 0.0782. The van der Waals surface area contributed by atoms with Crippen LogP contribution in [0.1, 0.15) is 26.7 Å². The van der Waals surface area contributed by atoms with Crippen LogP contribution in [0, 0.1) is 0 Å². The number of para-hydroxylation sites is 1. The van der Waals surface area contributed by atoms with Gasteiger partial charge in [-0.25, -0.2) is 4.98 Å². The fourth-order valence-corrected chi connectivity index (χ4v) is 3.17. The molecule has 4 aromatic rings. The van der Waals surface area contributed by atoms with E-state index in [0.29, 0.717) is 17.7 Å². The maximum atomic E-state index is 13.1. The van der Waals surface area contributed by atoms with Crippen LogP contribution in [-0.2, 0) is 6.54 Å². The maximum absolute atomic E-state index is 13.1. The molecular weight excluding hydrogens is 364 g/mol. The molecule has 0 bridgehead atoms. The summed E-state index contributed by atoms with van der Waals surface area (Å²) in [5.74, 6) is -0.445. The van der Waals surface area contributed by atoms with Crippen LogP contribution in [0.15, 0.2) is 85.1 Å². The molecule has 1 N–H and O–H groups in total. The highest BCUT2D eigenvalue weighted by molar-refractivity contribution is 6.06. The molecule has 0 radical (unpaired) electrons. The number of rotatable bonds is 5. The Labute approximate surface area is 168 Å². The number of anilines is 1. The molecule has 29 heavy (non-hydrogen) atoms. The zero-order valence-electron chi connectivity index (χ0n) is 15.9. The molecule has 0 aliphatic heterocycles. The van der Waals surface area contributed by atoms with Crippen molar-refractivity contribution in [1.29, 1.82) is 0 Å². The quantitative estimate of drug-likeness (QED) is 0.568. The van der Waals surface area contributed by atoms with Gasteiger partial charge in [0.1, 0.15) is 0 Å². The molecular formula is C23H20N4O2. The van der Waals surface area contributed by atoms with E-state index >= 15 is 0 Å². The third kappa shape index (κ3) is 3.87. The summed E-state index contributed by atoms with van der Waals surface area (Å²) in [6, 6.07) is 24.3. The number of benzene rings is 2. The van der Waals surface area contributed by atoms with Crippen LogP contribution in [0.3, 0.4) is 0 Å². The highest BCUT2D eigenvalue weighted by atomic mass is 16.2. The Morgan fingerprint density at radius 3 is 2.31 bits per heavy atom. The standard InChI is InChI=1S/C23H20N4O2/c1-26(16-17-10-4-2-5-11-17)23(29)20-19-14-8-9-15-27(19)21(25-20)22(28)24-18-12-6-3-7-13-18/h2-15H,16H2,1H3,(H,24,28). The molecule has 144 valence electrons. The summed E-state index contributed by atoms with van der Waals surface area (Å²) in [5, 5.41) is 2.82. The molecule has 2 aromatic carbocycles. The summed E-state index contributed by atoms with van der Waals surface area (Å²) in [6.07, 6.45) is 1.73. The van der Waals surface area contributed by atoms with E-state index in [9.17, 15) is 9.59 Å². The lowest BCUT2D eigenvalue weighted by atomic mass is 10.2. The van der Waals surface area contributed by atoms with Gasteiger partial charge in [-0.3, -0.25) is 14.0 Å². The molecule has 0 aliphatic rings. The largest absolute Gasteiger partial charge is 0.336 e. The Hall–Kier alpha value is -3.93. The number of hydrogen-bond acceptors (Lipinski definition) is 3. The van der Waals surface area contributed by atoms with Crippen molar-refractivity contribution in [2.75, 3.05) is 12.4 Å². The first-order valence-electron chi connectivity index (χ1n) is 9.26. The van der Waals surface area contributed by atoms with Crippen molar-refractivity contribution in [1.82, 2.24) is 14.3 Å². The number of imidazole rings is 1. The van der Waals surface area contributed by atoms with Crippen molar-refractivity contribution < 1.29 is 9.59 Å². The second-order valence-electron chi connectivity index (χ2n) is 6.71. The van der Waals surface area contributed by atoms with Gasteiger partial charge in [0, 0.05) is 25.5 Å². The molecule has 2 amide bonds. The van der Waals surface area contributed by atoms with E-state index in [1.165, 1.54) is 0 Å². The summed E-state index contributed by atoms with van der Waals surface area (Å²) >= 11 is 0.